The highest BCUT2D eigenvalue weighted by molar-refractivity contribution is 5.68. The second-order valence-corrected chi connectivity index (χ2v) is 7.98. The Morgan fingerprint density at radius 2 is 1.88 bits per heavy atom. The van der Waals surface area contributed by atoms with Crippen molar-refractivity contribution < 1.29 is 9.53 Å². The van der Waals surface area contributed by atoms with Gasteiger partial charge in [0.2, 0.25) is 0 Å². The normalized spacial score (nSPS) is 16.5. The van der Waals surface area contributed by atoms with Crippen LogP contribution in [0.25, 0.3) is 0 Å². The molecular formula is C20H32N2O2. The fourth-order valence-corrected chi connectivity index (χ4v) is 3.11. The zero-order valence-electron chi connectivity index (χ0n) is 15.8. The first-order chi connectivity index (χ1) is 11.3. The van der Waals surface area contributed by atoms with Gasteiger partial charge in [-0.25, -0.2) is 4.79 Å². The predicted octanol–water partition coefficient (Wildman–Crippen LogP) is 4.30. The van der Waals surface area contributed by atoms with Crippen molar-refractivity contribution >= 4 is 6.09 Å². The summed E-state index contributed by atoms with van der Waals surface area (Å²) in [4.78, 5) is 14.0. The number of piperidine rings is 1. The molecule has 1 heterocycles. The Labute approximate surface area is 146 Å². The van der Waals surface area contributed by atoms with Crippen LogP contribution in [0.1, 0.15) is 64.5 Å². The van der Waals surface area contributed by atoms with E-state index in [0.717, 1.165) is 32.5 Å². The monoisotopic (exact) mass is 332 g/mol. The Bertz CT molecular complexity index is 541. The van der Waals surface area contributed by atoms with Gasteiger partial charge in [-0.1, -0.05) is 38.1 Å². The molecule has 1 N–H and O–H groups in total. The molecule has 0 aliphatic carbocycles. The molecule has 4 heteroatoms. The highest BCUT2D eigenvalue weighted by atomic mass is 16.6. The maximum absolute atomic E-state index is 12.2. The van der Waals surface area contributed by atoms with E-state index in [2.05, 4.69) is 43.4 Å². The molecule has 1 saturated heterocycles. The average Bonchev–Trinajstić information content (AvgIpc) is 2.52. The predicted molar refractivity (Wildman–Crippen MR) is 98.2 cm³/mol. The van der Waals surface area contributed by atoms with Crippen molar-refractivity contribution in [1.29, 1.82) is 0 Å². The van der Waals surface area contributed by atoms with E-state index in [-0.39, 0.29) is 6.09 Å². The fraction of sp³-hybridized carbons (Fsp3) is 0.650. The first kappa shape index (κ1) is 18.8. The van der Waals surface area contributed by atoms with Crippen molar-refractivity contribution in [2.75, 3.05) is 13.1 Å². The third kappa shape index (κ3) is 5.52. The van der Waals surface area contributed by atoms with Crippen LogP contribution >= 0.6 is 0 Å². The lowest BCUT2D eigenvalue weighted by Gasteiger charge is -2.34. The molecule has 4 nitrogen and oxygen atoms in total. The maximum Gasteiger partial charge on any atom is 0.410 e. The van der Waals surface area contributed by atoms with Crippen molar-refractivity contribution in [3.8, 4) is 0 Å². The molecule has 1 aromatic rings. The lowest BCUT2D eigenvalue weighted by Crippen LogP contribution is -2.41. The number of carbonyl (C=O) groups is 1. The molecule has 1 fully saturated rings. The van der Waals surface area contributed by atoms with E-state index in [4.69, 9.17) is 4.74 Å². The van der Waals surface area contributed by atoms with Crippen molar-refractivity contribution in [3.05, 3.63) is 35.4 Å². The molecule has 0 aromatic heterocycles. The van der Waals surface area contributed by atoms with Crippen molar-refractivity contribution in [3.63, 3.8) is 0 Å². The molecule has 1 aliphatic heterocycles. The van der Waals surface area contributed by atoms with Crippen LogP contribution in [-0.4, -0.2) is 35.7 Å². The van der Waals surface area contributed by atoms with Crippen LogP contribution in [0.15, 0.2) is 24.3 Å². The SMILES string of the molecule is CC(C)NCc1ccccc1C1CCN(C(=O)OC(C)(C)C)CC1. The van der Waals surface area contributed by atoms with Crippen molar-refractivity contribution in [1.82, 2.24) is 10.2 Å². The molecule has 1 aliphatic rings. The summed E-state index contributed by atoms with van der Waals surface area (Å²) >= 11 is 0. The van der Waals surface area contributed by atoms with Gasteiger partial charge in [-0.15, -0.1) is 0 Å². The summed E-state index contributed by atoms with van der Waals surface area (Å²) in [6.45, 7) is 12.5. The summed E-state index contributed by atoms with van der Waals surface area (Å²) in [7, 11) is 0. The van der Waals surface area contributed by atoms with E-state index in [1.807, 2.05) is 25.7 Å². The maximum atomic E-state index is 12.2. The summed E-state index contributed by atoms with van der Waals surface area (Å²) < 4.78 is 5.48. The zero-order chi connectivity index (χ0) is 17.7. The number of amides is 1. The number of ether oxygens (including phenoxy) is 1. The molecule has 0 spiro atoms. The molecule has 2 rings (SSSR count). The quantitative estimate of drug-likeness (QED) is 0.894. The van der Waals surface area contributed by atoms with Gasteiger partial charge in [-0.3, -0.25) is 0 Å². The number of rotatable bonds is 4. The zero-order valence-corrected chi connectivity index (χ0v) is 15.8. The minimum Gasteiger partial charge on any atom is -0.444 e. The third-order valence-electron chi connectivity index (χ3n) is 4.34. The Morgan fingerprint density at radius 1 is 1.25 bits per heavy atom. The van der Waals surface area contributed by atoms with Crippen LogP contribution in [-0.2, 0) is 11.3 Å². The molecule has 0 unspecified atom stereocenters. The van der Waals surface area contributed by atoms with Crippen molar-refractivity contribution in [2.24, 2.45) is 0 Å². The lowest BCUT2D eigenvalue weighted by molar-refractivity contribution is 0.0204. The lowest BCUT2D eigenvalue weighted by atomic mass is 9.86. The van der Waals surface area contributed by atoms with Gasteiger partial charge in [0.1, 0.15) is 5.60 Å². The van der Waals surface area contributed by atoms with Gasteiger partial charge < -0.3 is 15.0 Å². The average molecular weight is 332 g/mol. The molecule has 0 saturated carbocycles. The van der Waals surface area contributed by atoms with Crippen LogP contribution in [0, 0.1) is 0 Å². The summed E-state index contributed by atoms with van der Waals surface area (Å²) in [5.74, 6) is 0.522. The Morgan fingerprint density at radius 3 is 2.46 bits per heavy atom. The van der Waals surface area contributed by atoms with Gasteiger partial charge >= 0.3 is 6.09 Å². The molecule has 134 valence electrons. The Hall–Kier alpha value is -1.55. The smallest absolute Gasteiger partial charge is 0.410 e. The topological polar surface area (TPSA) is 41.6 Å². The largest absolute Gasteiger partial charge is 0.444 e. The summed E-state index contributed by atoms with van der Waals surface area (Å²) in [5.41, 5.74) is 2.37. The van der Waals surface area contributed by atoms with Crippen LogP contribution < -0.4 is 5.32 Å². The molecule has 24 heavy (non-hydrogen) atoms. The molecule has 0 bridgehead atoms. The molecular weight excluding hydrogens is 300 g/mol. The van der Waals surface area contributed by atoms with Gasteiger partial charge in [-0.2, -0.15) is 0 Å². The van der Waals surface area contributed by atoms with Crippen LogP contribution in [0.5, 0.6) is 0 Å². The second kappa shape index (κ2) is 8.02. The fourth-order valence-electron chi connectivity index (χ4n) is 3.11. The van der Waals surface area contributed by atoms with E-state index in [1.165, 1.54) is 11.1 Å². The number of nitrogens with zero attached hydrogens (tertiary/aromatic N) is 1. The number of carbonyl (C=O) groups excluding carboxylic acids is 1. The Kier molecular flexibility index (Phi) is 6.27. The van der Waals surface area contributed by atoms with Gasteiger partial charge in [0.05, 0.1) is 0 Å². The van der Waals surface area contributed by atoms with Gasteiger partial charge in [0, 0.05) is 25.7 Å². The van der Waals surface area contributed by atoms with Crippen LogP contribution in [0.4, 0.5) is 4.79 Å². The molecule has 1 aromatic carbocycles. The number of nitrogens with one attached hydrogen (secondary N) is 1. The van der Waals surface area contributed by atoms with E-state index in [1.54, 1.807) is 0 Å². The number of benzene rings is 1. The number of hydrogen-bond donors (Lipinski definition) is 1. The van der Waals surface area contributed by atoms with Crippen molar-refractivity contribution in [2.45, 2.75) is 71.6 Å². The first-order valence-electron chi connectivity index (χ1n) is 9.05. The first-order valence-corrected chi connectivity index (χ1v) is 9.05. The highest BCUT2D eigenvalue weighted by Crippen LogP contribution is 2.31. The summed E-state index contributed by atoms with van der Waals surface area (Å²) in [6, 6.07) is 9.16. The van der Waals surface area contributed by atoms with Gasteiger partial charge in [0.25, 0.3) is 0 Å². The Balaban J connectivity index is 1.96. The second-order valence-electron chi connectivity index (χ2n) is 7.98. The molecule has 1 amide bonds. The summed E-state index contributed by atoms with van der Waals surface area (Å²) in [5, 5.41) is 3.51. The third-order valence-corrected chi connectivity index (χ3v) is 4.34. The standard InChI is InChI=1S/C20H32N2O2/c1-15(2)21-14-17-8-6-7-9-18(17)16-10-12-22(13-11-16)19(23)24-20(3,4)5/h6-9,15-16,21H,10-14H2,1-5H3. The molecule has 0 atom stereocenters. The highest BCUT2D eigenvalue weighted by Gasteiger charge is 2.28. The number of hydrogen-bond acceptors (Lipinski definition) is 3. The van der Waals surface area contributed by atoms with E-state index in [9.17, 15) is 4.79 Å². The van der Waals surface area contributed by atoms with E-state index < -0.39 is 5.60 Å². The number of likely N-dealkylation sites (tertiary alicyclic amines) is 1. The molecule has 0 radical (unpaired) electrons. The minimum absolute atomic E-state index is 0.185. The van der Waals surface area contributed by atoms with E-state index in [0.29, 0.717) is 12.0 Å². The minimum atomic E-state index is -0.428. The van der Waals surface area contributed by atoms with Crippen LogP contribution in [0.2, 0.25) is 0 Å². The van der Waals surface area contributed by atoms with Gasteiger partial charge in [-0.05, 0) is 50.7 Å². The van der Waals surface area contributed by atoms with Gasteiger partial charge in [0.15, 0.2) is 0 Å². The summed E-state index contributed by atoms with van der Waals surface area (Å²) in [6.07, 6.45) is 1.81. The van der Waals surface area contributed by atoms with E-state index >= 15 is 0 Å². The van der Waals surface area contributed by atoms with Crippen LogP contribution in [0.3, 0.4) is 0 Å².